The molecule has 0 spiro atoms. The van der Waals surface area contributed by atoms with E-state index in [4.69, 9.17) is 14.6 Å². The lowest BCUT2D eigenvalue weighted by Crippen LogP contribution is -2.45. The molecule has 5 nitrogen and oxygen atoms in total. The Bertz CT molecular complexity index is 1000. The lowest BCUT2D eigenvalue weighted by Gasteiger charge is -2.37. The molecule has 1 aliphatic heterocycles. The van der Waals surface area contributed by atoms with Crippen molar-refractivity contribution < 1.29 is 14.3 Å². The maximum atomic E-state index is 13.2. The number of methoxy groups -OCH3 is 2. The molecule has 2 atom stereocenters. The van der Waals surface area contributed by atoms with E-state index in [0.717, 1.165) is 35.0 Å². The summed E-state index contributed by atoms with van der Waals surface area (Å²) in [6.07, 6.45) is 5.82. The number of rotatable bonds is 6. The van der Waals surface area contributed by atoms with Crippen molar-refractivity contribution in [2.45, 2.75) is 24.7 Å². The second-order valence-electron chi connectivity index (χ2n) is 7.56. The van der Waals surface area contributed by atoms with Crippen molar-refractivity contribution in [1.82, 2.24) is 5.01 Å². The van der Waals surface area contributed by atoms with Crippen LogP contribution in [0.15, 0.2) is 59.7 Å². The Morgan fingerprint density at radius 3 is 2.47 bits per heavy atom. The second kappa shape index (κ2) is 9.04. The molecular formula is C24H25BrN2O3. The molecule has 2 aliphatic rings. The van der Waals surface area contributed by atoms with E-state index >= 15 is 0 Å². The molecule has 0 saturated carbocycles. The summed E-state index contributed by atoms with van der Waals surface area (Å²) < 4.78 is 10.9. The Kier molecular flexibility index (Phi) is 6.23. The molecule has 4 rings (SSSR count). The largest absolute Gasteiger partial charge is 0.493 e. The number of nitrogens with zero attached hydrogens (tertiary/aromatic N) is 2. The van der Waals surface area contributed by atoms with E-state index in [1.54, 1.807) is 19.2 Å². The number of hydrogen-bond donors (Lipinski definition) is 0. The van der Waals surface area contributed by atoms with Crippen LogP contribution in [0.2, 0.25) is 0 Å². The zero-order chi connectivity index (χ0) is 21.1. The molecule has 0 unspecified atom stereocenters. The van der Waals surface area contributed by atoms with E-state index in [0.29, 0.717) is 18.0 Å². The van der Waals surface area contributed by atoms with Gasteiger partial charge in [0.05, 0.1) is 32.4 Å². The zero-order valence-corrected chi connectivity index (χ0v) is 18.8. The van der Waals surface area contributed by atoms with Crippen LogP contribution in [0.25, 0.3) is 0 Å². The zero-order valence-electron chi connectivity index (χ0n) is 17.2. The first-order chi connectivity index (χ1) is 14.6. The van der Waals surface area contributed by atoms with Crippen molar-refractivity contribution in [3.8, 4) is 11.5 Å². The van der Waals surface area contributed by atoms with Gasteiger partial charge in [-0.15, -0.1) is 0 Å². The average molecular weight is 469 g/mol. The summed E-state index contributed by atoms with van der Waals surface area (Å²) in [6, 6.07) is 14.1. The summed E-state index contributed by atoms with van der Waals surface area (Å²) >= 11 is 3.50. The fourth-order valence-corrected chi connectivity index (χ4v) is 4.55. The molecule has 6 heteroatoms. The molecule has 0 saturated heterocycles. The third kappa shape index (κ3) is 4.01. The van der Waals surface area contributed by atoms with Gasteiger partial charge >= 0.3 is 0 Å². The number of hydrazone groups is 1. The Labute approximate surface area is 185 Å². The standard InChI is InChI=1S/C24H25BrN2O3/c1-29-21-11-10-18(13-22(21)30-2)23-19-8-3-4-9-20(19)24(28)27(26-23)15-17-7-5-6-16(12-17)14-25/h3-7,10-13,19-20H,8-9,14-15H2,1-2H3/t19-,20+/m0/s1. The van der Waals surface area contributed by atoms with E-state index in [2.05, 4.69) is 40.2 Å². The first kappa shape index (κ1) is 20.7. The number of alkyl halides is 1. The highest BCUT2D eigenvalue weighted by Gasteiger charge is 2.40. The second-order valence-corrected chi connectivity index (χ2v) is 8.12. The summed E-state index contributed by atoms with van der Waals surface area (Å²) in [6.45, 7) is 0.462. The van der Waals surface area contributed by atoms with Crippen molar-refractivity contribution in [2.75, 3.05) is 14.2 Å². The Morgan fingerprint density at radius 2 is 1.73 bits per heavy atom. The minimum absolute atomic E-state index is 0.0747. The predicted molar refractivity (Wildman–Crippen MR) is 121 cm³/mol. The number of fused-ring (bicyclic) bond motifs is 1. The number of carbonyl (C=O) groups is 1. The number of allylic oxidation sites excluding steroid dienone is 2. The Balaban J connectivity index is 1.73. The third-order valence-corrected chi connectivity index (χ3v) is 6.39. The van der Waals surface area contributed by atoms with Crippen LogP contribution in [0.3, 0.4) is 0 Å². The van der Waals surface area contributed by atoms with Gasteiger partial charge in [0, 0.05) is 16.8 Å². The fraction of sp³-hybridized carbons (Fsp3) is 0.333. The van der Waals surface area contributed by atoms with Gasteiger partial charge in [0.15, 0.2) is 11.5 Å². The molecule has 1 aliphatic carbocycles. The number of carbonyl (C=O) groups excluding carboxylic acids is 1. The number of amides is 1. The van der Waals surface area contributed by atoms with Gasteiger partial charge in [0.2, 0.25) is 5.91 Å². The summed E-state index contributed by atoms with van der Waals surface area (Å²) in [5.74, 6) is 1.42. The highest BCUT2D eigenvalue weighted by Crippen LogP contribution is 2.37. The van der Waals surface area contributed by atoms with Gasteiger partial charge in [0.25, 0.3) is 0 Å². The van der Waals surface area contributed by atoms with Crippen LogP contribution < -0.4 is 9.47 Å². The molecule has 2 aromatic rings. The molecule has 1 heterocycles. The van der Waals surface area contributed by atoms with Crippen LogP contribution in [-0.2, 0) is 16.7 Å². The lowest BCUT2D eigenvalue weighted by atomic mass is 9.76. The van der Waals surface area contributed by atoms with Crippen LogP contribution in [-0.4, -0.2) is 30.8 Å². The molecule has 30 heavy (non-hydrogen) atoms. The summed E-state index contributed by atoms with van der Waals surface area (Å²) in [5, 5.41) is 7.28. The van der Waals surface area contributed by atoms with Gasteiger partial charge in [-0.3, -0.25) is 4.79 Å². The number of halogens is 1. The van der Waals surface area contributed by atoms with Crippen molar-refractivity contribution in [1.29, 1.82) is 0 Å². The lowest BCUT2D eigenvalue weighted by molar-refractivity contribution is -0.138. The summed E-state index contributed by atoms with van der Waals surface area (Å²) in [7, 11) is 3.25. The first-order valence-corrected chi connectivity index (χ1v) is 11.2. The third-order valence-electron chi connectivity index (χ3n) is 5.74. The van der Waals surface area contributed by atoms with Gasteiger partial charge < -0.3 is 9.47 Å². The SMILES string of the molecule is COc1ccc(C2=NN(Cc3cccc(CBr)c3)C(=O)[C@@H]3CC=CC[C@H]23)cc1OC. The van der Waals surface area contributed by atoms with Gasteiger partial charge in [0.1, 0.15) is 0 Å². The molecular weight excluding hydrogens is 444 g/mol. The first-order valence-electron chi connectivity index (χ1n) is 10.1. The van der Waals surface area contributed by atoms with Crippen LogP contribution in [0.4, 0.5) is 0 Å². The number of ether oxygens (including phenoxy) is 2. The van der Waals surface area contributed by atoms with Crippen LogP contribution >= 0.6 is 15.9 Å². The average Bonchev–Trinajstić information content (AvgIpc) is 2.80. The molecule has 0 radical (unpaired) electrons. The minimum Gasteiger partial charge on any atom is -0.493 e. The summed E-state index contributed by atoms with van der Waals surface area (Å²) in [5.41, 5.74) is 4.14. The maximum absolute atomic E-state index is 13.2. The molecule has 0 N–H and O–H groups in total. The highest BCUT2D eigenvalue weighted by atomic mass is 79.9. The van der Waals surface area contributed by atoms with Gasteiger partial charge in [-0.25, -0.2) is 5.01 Å². The molecule has 156 valence electrons. The maximum Gasteiger partial charge on any atom is 0.247 e. The van der Waals surface area contributed by atoms with E-state index < -0.39 is 0 Å². The van der Waals surface area contributed by atoms with Gasteiger partial charge in [-0.2, -0.15) is 5.10 Å². The topological polar surface area (TPSA) is 51.1 Å². The van der Waals surface area contributed by atoms with Gasteiger partial charge in [-0.1, -0.05) is 52.3 Å². The van der Waals surface area contributed by atoms with E-state index in [1.165, 1.54) is 5.56 Å². The predicted octanol–water partition coefficient (Wildman–Crippen LogP) is 4.93. The number of hydrogen-bond acceptors (Lipinski definition) is 4. The molecule has 0 fully saturated rings. The monoisotopic (exact) mass is 468 g/mol. The van der Waals surface area contributed by atoms with E-state index in [-0.39, 0.29) is 17.7 Å². The quantitative estimate of drug-likeness (QED) is 0.446. The molecule has 0 aromatic heterocycles. The molecule has 1 amide bonds. The van der Waals surface area contributed by atoms with E-state index in [9.17, 15) is 4.79 Å². The molecule has 2 aromatic carbocycles. The normalized spacial score (nSPS) is 20.6. The van der Waals surface area contributed by atoms with Gasteiger partial charge in [-0.05, 0) is 42.2 Å². The molecule has 0 bridgehead atoms. The summed E-state index contributed by atoms with van der Waals surface area (Å²) in [4.78, 5) is 13.2. The van der Waals surface area contributed by atoms with E-state index in [1.807, 2.05) is 30.3 Å². The Morgan fingerprint density at radius 1 is 1.00 bits per heavy atom. The van der Waals surface area contributed by atoms with Crippen molar-refractivity contribution in [3.05, 3.63) is 71.3 Å². The van der Waals surface area contributed by atoms with Crippen molar-refractivity contribution in [3.63, 3.8) is 0 Å². The van der Waals surface area contributed by atoms with Crippen molar-refractivity contribution >= 4 is 27.5 Å². The van der Waals surface area contributed by atoms with Crippen LogP contribution in [0.5, 0.6) is 11.5 Å². The van der Waals surface area contributed by atoms with Crippen LogP contribution in [0.1, 0.15) is 29.5 Å². The van der Waals surface area contributed by atoms with Crippen molar-refractivity contribution in [2.24, 2.45) is 16.9 Å². The minimum atomic E-state index is -0.0880. The Hall–Kier alpha value is -2.60. The number of benzene rings is 2. The highest BCUT2D eigenvalue weighted by molar-refractivity contribution is 9.08. The van der Waals surface area contributed by atoms with Crippen LogP contribution in [0, 0.1) is 11.8 Å². The fourth-order valence-electron chi connectivity index (χ4n) is 4.20. The smallest absolute Gasteiger partial charge is 0.247 e.